The minimum absolute atomic E-state index is 0.842. The monoisotopic (exact) mass is 168 g/mol. The van der Waals surface area contributed by atoms with Crippen LogP contribution in [0.1, 0.15) is 46.0 Å². The van der Waals surface area contributed by atoms with Crippen molar-refractivity contribution in [2.75, 3.05) is 0 Å². The van der Waals surface area contributed by atoms with E-state index in [9.17, 15) is 4.79 Å². The molecule has 0 saturated heterocycles. The Balaban J connectivity index is 3.10. The number of carbonyl (C=O) groups is 1. The molecule has 0 aliphatic carbocycles. The van der Waals surface area contributed by atoms with Crippen molar-refractivity contribution >= 4 is 6.29 Å². The standard InChI is InChI=1S/C11H20O/c1-3-11(2)9-7-5-4-6-8-10-12/h6,8,10-11H,3-5,7,9H2,1-2H3/b8-6+. The lowest BCUT2D eigenvalue weighted by molar-refractivity contribution is -0.104. The van der Waals surface area contributed by atoms with Crippen LogP contribution in [0.5, 0.6) is 0 Å². The van der Waals surface area contributed by atoms with Gasteiger partial charge in [-0.15, -0.1) is 0 Å². The minimum Gasteiger partial charge on any atom is -0.299 e. The second-order valence-electron chi connectivity index (χ2n) is 3.36. The maximum absolute atomic E-state index is 9.91. The SMILES string of the molecule is CCC(C)CCCC/C=C/C=O. The van der Waals surface area contributed by atoms with Gasteiger partial charge in [-0.1, -0.05) is 39.2 Å². The topological polar surface area (TPSA) is 17.1 Å². The van der Waals surface area contributed by atoms with Crippen LogP contribution in [0.3, 0.4) is 0 Å². The van der Waals surface area contributed by atoms with Crippen molar-refractivity contribution in [2.45, 2.75) is 46.0 Å². The van der Waals surface area contributed by atoms with E-state index >= 15 is 0 Å². The molecule has 0 aliphatic heterocycles. The summed E-state index contributed by atoms with van der Waals surface area (Å²) in [6.45, 7) is 4.53. The third-order valence-electron chi connectivity index (χ3n) is 2.23. The highest BCUT2D eigenvalue weighted by Gasteiger charge is 1.96. The molecule has 0 saturated carbocycles. The summed E-state index contributed by atoms with van der Waals surface area (Å²) in [5, 5.41) is 0. The van der Waals surface area contributed by atoms with Crippen LogP contribution in [0.4, 0.5) is 0 Å². The van der Waals surface area contributed by atoms with Gasteiger partial charge >= 0.3 is 0 Å². The van der Waals surface area contributed by atoms with E-state index in [2.05, 4.69) is 13.8 Å². The highest BCUT2D eigenvalue weighted by atomic mass is 16.1. The molecule has 0 aromatic carbocycles. The van der Waals surface area contributed by atoms with Gasteiger partial charge in [0, 0.05) is 0 Å². The first-order valence-corrected chi connectivity index (χ1v) is 4.91. The number of aldehydes is 1. The maximum atomic E-state index is 9.91. The Hall–Kier alpha value is -0.590. The smallest absolute Gasteiger partial charge is 0.142 e. The fourth-order valence-electron chi connectivity index (χ4n) is 1.11. The van der Waals surface area contributed by atoms with Crippen molar-refractivity contribution in [3.05, 3.63) is 12.2 Å². The Morgan fingerprint density at radius 1 is 1.33 bits per heavy atom. The van der Waals surface area contributed by atoms with E-state index in [0.29, 0.717) is 0 Å². The van der Waals surface area contributed by atoms with Crippen LogP contribution >= 0.6 is 0 Å². The van der Waals surface area contributed by atoms with Crippen LogP contribution in [0.2, 0.25) is 0 Å². The summed E-state index contributed by atoms with van der Waals surface area (Å²) in [6.07, 6.45) is 10.5. The average Bonchev–Trinajstić information content (AvgIpc) is 2.10. The first-order valence-electron chi connectivity index (χ1n) is 4.91. The lowest BCUT2D eigenvalue weighted by Crippen LogP contribution is -1.90. The zero-order valence-electron chi connectivity index (χ0n) is 8.25. The van der Waals surface area contributed by atoms with E-state index in [1.54, 1.807) is 6.08 Å². The van der Waals surface area contributed by atoms with Gasteiger partial charge in [0.25, 0.3) is 0 Å². The van der Waals surface area contributed by atoms with E-state index in [1.165, 1.54) is 25.7 Å². The summed E-state index contributed by atoms with van der Waals surface area (Å²) in [6, 6.07) is 0. The number of rotatable bonds is 7. The third kappa shape index (κ3) is 7.52. The molecule has 1 nitrogen and oxygen atoms in total. The van der Waals surface area contributed by atoms with Gasteiger partial charge in [-0.05, 0) is 24.8 Å². The molecule has 1 heteroatoms. The zero-order chi connectivity index (χ0) is 9.23. The lowest BCUT2D eigenvalue weighted by atomic mass is 10.0. The fraction of sp³-hybridized carbons (Fsp3) is 0.727. The molecule has 0 rings (SSSR count). The van der Waals surface area contributed by atoms with Gasteiger partial charge in [-0.3, -0.25) is 4.79 Å². The summed E-state index contributed by atoms with van der Waals surface area (Å²) in [5.41, 5.74) is 0. The Bertz CT molecular complexity index is 127. The van der Waals surface area contributed by atoms with Crippen LogP contribution in [-0.4, -0.2) is 6.29 Å². The number of carbonyl (C=O) groups excluding carboxylic acids is 1. The van der Waals surface area contributed by atoms with Crippen molar-refractivity contribution in [1.82, 2.24) is 0 Å². The molecule has 0 radical (unpaired) electrons. The van der Waals surface area contributed by atoms with E-state index in [0.717, 1.165) is 18.6 Å². The van der Waals surface area contributed by atoms with E-state index in [4.69, 9.17) is 0 Å². The molecule has 1 atom stereocenters. The third-order valence-corrected chi connectivity index (χ3v) is 2.23. The molecule has 1 unspecified atom stereocenters. The number of unbranched alkanes of at least 4 members (excludes halogenated alkanes) is 2. The first-order chi connectivity index (χ1) is 5.81. The Labute approximate surface area is 75.9 Å². The van der Waals surface area contributed by atoms with Gasteiger partial charge < -0.3 is 0 Å². The molecule has 70 valence electrons. The average molecular weight is 168 g/mol. The van der Waals surface area contributed by atoms with Crippen LogP contribution in [0, 0.1) is 5.92 Å². The van der Waals surface area contributed by atoms with Crippen LogP contribution < -0.4 is 0 Å². The van der Waals surface area contributed by atoms with Crippen molar-refractivity contribution in [1.29, 1.82) is 0 Å². The van der Waals surface area contributed by atoms with Gasteiger partial charge in [0.1, 0.15) is 6.29 Å². The van der Waals surface area contributed by atoms with Gasteiger partial charge in [0.15, 0.2) is 0 Å². The predicted molar refractivity (Wildman–Crippen MR) is 53.1 cm³/mol. The molecular weight excluding hydrogens is 148 g/mol. The van der Waals surface area contributed by atoms with Gasteiger partial charge in [-0.25, -0.2) is 0 Å². The van der Waals surface area contributed by atoms with E-state index in [1.807, 2.05) is 6.08 Å². The summed E-state index contributed by atoms with van der Waals surface area (Å²) < 4.78 is 0. The molecule has 0 aromatic heterocycles. The largest absolute Gasteiger partial charge is 0.299 e. The molecule has 0 fully saturated rings. The summed E-state index contributed by atoms with van der Waals surface area (Å²) in [7, 11) is 0. The molecule has 0 N–H and O–H groups in total. The van der Waals surface area contributed by atoms with E-state index < -0.39 is 0 Å². The Kier molecular flexibility index (Phi) is 8.09. The van der Waals surface area contributed by atoms with Gasteiger partial charge in [-0.2, -0.15) is 0 Å². The summed E-state index contributed by atoms with van der Waals surface area (Å²) in [4.78, 5) is 9.91. The number of hydrogen-bond donors (Lipinski definition) is 0. The highest BCUT2D eigenvalue weighted by molar-refractivity contribution is 5.64. The molecule has 0 bridgehead atoms. The van der Waals surface area contributed by atoms with Crippen LogP contribution in [-0.2, 0) is 4.79 Å². The van der Waals surface area contributed by atoms with Crippen molar-refractivity contribution in [3.8, 4) is 0 Å². The van der Waals surface area contributed by atoms with E-state index in [-0.39, 0.29) is 0 Å². The van der Waals surface area contributed by atoms with Crippen LogP contribution in [0.25, 0.3) is 0 Å². The van der Waals surface area contributed by atoms with Crippen molar-refractivity contribution in [2.24, 2.45) is 5.92 Å². The second kappa shape index (κ2) is 8.51. The maximum Gasteiger partial charge on any atom is 0.142 e. The molecule has 0 heterocycles. The van der Waals surface area contributed by atoms with Crippen molar-refractivity contribution < 1.29 is 4.79 Å². The highest BCUT2D eigenvalue weighted by Crippen LogP contribution is 2.11. The predicted octanol–water partition coefficient (Wildman–Crippen LogP) is 3.35. The molecule has 0 aliphatic rings. The quantitative estimate of drug-likeness (QED) is 0.324. The molecular formula is C11H20O. The second-order valence-corrected chi connectivity index (χ2v) is 3.36. The summed E-state index contributed by atoms with van der Waals surface area (Å²) >= 11 is 0. The first kappa shape index (κ1) is 11.4. The molecule has 0 aromatic rings. The normalized spacial score (nSPS) is 13.5. The molecule has 12 heavy (non-hydrogen) atoms. The Morgan fingerprint density at radius 2 is 2.08 bits per heavy atom. The molecule has 0 spiro atoms. The fourth-order valence-corrected chi connectivity index (χ4v) is 1.11. The van der Waals surface area contributed by atoms with Gasteiger partial charge in [0.2, 0.25) is 0 Å². The molecule has 0 amide bonds. The van der Waals surface area contributed by atoms with Gasteiger partial charge in [0.05, 0.1) is 0 Å². The minimum atomic E-state index is 0.842. The van der Waals surface area contributed by atoms with Crippen molar-refractivity contribution in [3.63, 3.8) is 0 Å². The van der Waals surface area contributed by atoms with Crippen LogP contribution in [0.15, 0.2) is 12.2 Å². The zero-order valence-corrected chi connectivity index (χ0v) is 8.25. The Morgan fingerprint density at radius 3 is 2.67 bits per heavy atom. The number of hydrogen-bond acceptors (Lipinski definition) is 1. The lowest BCUT2D eigenvalue weighted by Gasteiger charge is -2.05. The number of allylic oxidation sites excluding steroid dienone is 2. The summed E-state index contributed by atoms with van der Waals surface area (Å²) in [5.74, 6) is 0.861.